The van der Waals surface area contributed by atoms with E-state index in [2.05, 4.69) is 6.92 Å². The molecule has 0 aliphatic rings. The zero-order chi connectivity index (χ0) is 19.9. The molecule has 2 aromatic carbocycles. The maximum atomic E-state index is 13.2. The number of carbonyl (C=O) groups excluding carboxylic acids is 1. The number of fused-ring (bicyclic) bond motifs is 1. The van der Waals surface area contributed by atoms with Crippen molar-refractivity contribution in [3.05, 3.63) is 54.1 Å². The third kappa shape index (κ3) is 4.88. The minimum absolute atomic E-state index is 0.0778. The quantitative estimate of drug-likeness (QED) is 0.474. The van der Waals surface area contributed by atoms with Crippen LogP contribution < -0.4 is 9.64 Å². The number of ether oxygens (including phenoxy) is 2. The van der Waals surface area contributed by atoms with Crippen molar-refractivity contribution in [3.8, 4) is 5.75 Å². The Labute approximate surface area is 169 Å². The van der Waals surface area contributed by atoms with E-state index in [9.17, 15) is 4.79 Å². The van der Waals surface area contributed by atoms with Gasteiger partial charge in [-0.2, -0.15) is 0 Å². The minimum atomic E-state index is -0.517. The number of hydrogen-bond donors (Lipinski definition) is 0. The Morgan fingerprint density at radius 2 is 2.00 bits per heavy atom. The fourth-order valence-electron chi connectivity index (χ4n) is 2.84. The molecule has 1 heterocycles. The van der Waals surface area contributed by atoms with E-state index in [0.717, 1.165) is 34.4 Å². The number of thiazole rings is 1. The summed E-state index contributed by atoms with van der Waals surface area (Å²) in [6.45, 7) is 4.96. The molecule has 0 aliphatic carbocycles. The summed E-state index contributed by atoms with van der Waals surface area (Å²) >= 11 is 1.49. The highest BCUT2D eigenvalue weighted by Crippen LogP contribution is 2.32. The second-order valence-electron chi connectivity index (χ2n) is 6.61. The number of benzene rings is 2. The first kappa shape index (κ1) is 20.3. The van der Waals surface area contributed by atoms with Gasteiger partial charge in [0.1, 0.15) is 11.9 Å². The van der Waals surface area contributed by atoms with Crippen LogP contribution in [0.5, 0.6) is 5.75 Å². The van der Waals surface area contributed by atoms with E-state index in [4.69, 9.17) is 14.5 Å². The van der Waals surface area contributed by atoms with Gasteiger partial charge in [-0.25, -0.2) is 4.98 Å². The van der Waals surface area contributed by atoms with Crippen LogP contribution in [0.25, 0.3) is 10.2 Å². The van der Waals surface area contributed by atoms with Crippen molar-refractivity contribution in [2.45, 2.75) is 39.3 Å². The summed E-state index contributed by atoms with van der Waals surface area (Å²) in [5.41, 5.74) is 1.90. The van der Waals surface area contributed by atoms with Crippen molar-refractivity contribution in [1.82, 2.24) is 4.98 Å². The van der Waals surface area contributed by atoms with Crippen LogP contribution in [-0.4, -0.2) is 30.7 Å². The van der Waals surface area contributed by atoms with Gasteiger partial charge in [-0.3, -0.25) is 9.69 Å². The predicted octanol–water partition coefficient (Wildman–Crippen LogP) is 5.04. The largest absolute Gasteiger partial charge is 0.497 e. The van der Waals surface area contributed by atoms with Crippen LogP contribution in [0.4, 0.5) is 5.13 Å². The molecule has 5 nitrogen and oxygen atoms in total. The second-order valence-corrected chi connectivity index (χ2v) is 7.62. The average Bonchev–Trinajstić information content (AvgIpc) is 3.15. The number of amides is 1. The van der Waals surface area contributed by atoms with E-state index in [0.29, 0.717) is 18.3 Å². The molecular weight excluding hydrogens is 372 g/mol. The zero-order valence-corrected chi connectivity index (χ0v) is 17.4. The van der Waals surface area contributed by atoms with Gasteiger partial charge in [-0.1, -0.05) is 55.0 Å². The molecule has 3 rings (SSSR count). The number of hydrogen-bond acceptors (Lipinski definition) is 5. The Morgan fingerprint density at radius 3 is 2.71 bits per heavy atom. The summed E-state index contributed by atoms with van der Waals surface area (Å²) in [7, 11) is 1.64. The van der Waals surface area contributed by atoms with Crippen LogP contribution >= 0.6 is 11.3 Å². The Balaban J connectivity index is 1.90. The smallest absolute Gasteiger partial charge is 0.257 e. The molecule has 1 unspecified atom stereocenters. The van der Waals surface area contributed by atoms with E-state index < -0.39 is 6.10 Å². The van der Waals surface area contributed by atoms with Gasteiger partial charge < -0.3 is 9.47 Å². The maximum absolute atomic E-state index is 13.2. The third-order valence-electron chi connectivity index (χ3n) is 4.48. The van der Waals surface area contributed by atoms with Crippen LogP contribution in [-0.2, 0) is 16.1 Å². The number of rotatable bonds is 9. The highest BCUT2D eigenvalue weighted by molar-refractivity contribution is 7.22. The van der Waals surface area contributed by atoms with Crippen molar-refractivity contribution in [2.75, 3.05) is 18.6 Å². The lowest BCUT2D eigenvalue weighted by Gasteiger charge is -2.23. The summed E-state index contributed by atoms with van der Waals surface area (Å²) in [5.74, 6) is 0.700. The molecule has 1 aromatic heterocycles. The summed E-state index contributed by atoms with van der Waals surface area (Å²) in [6, 6.07) is 15.7. The molecule has 148 valence electrons. The zero-order valence-electron chi connectivity index (χ0n) is 16.6. The molecule has 0 fully saturated rings. The SMILES string of the molecule is CCCCOC(C)C(=O)N(Cc1ccccc1)c1nc2ccc(OC)cc2s1. The van der Waals surface area contributed by atoms with Gasteiger partial charge in [0.05, 0.1) is 23.9 Å². The van der Waals surface area contributed by atoms with Crippen molar-refractivity contribution in [3.63, 3.8) is 0 Å². The molecule has 0 spiro atoms. The number of unbranched alkanes of at least 4 members (excludes halogenated alkanes) is 1. The van der Waals surface area contributed by atoms with Crippen LogP contribution in [0.3, 0.4) is 0 Å². The molecule has 1 amide bonds. The summed E-state index contributed by atoms with van der Waals surface area (Å²) in [6.07, 6.45) is 1.46. The molecule has 28 heavy (non-hydrogen) atoms. The Bertz CT molecular complexity index is 911. The Hall–Kier alpha value is -2.44. The number of carbonyl (C=O) groups is 1. The number of aromatic nitrogens is 1. The van der Waals surface area contributed by atoms with Crippen LogP contribution in [0.2, 0.25) is 0 Å². The van der Waals surface area contributed by atoms with Gasteiger partial charge in [0, 0.05) is 6.61 Å². The van der Waals surface area contributed by atoms with Gasteiger partial charge in [-0.05, 0) is 37.1 Å². The van der Waals surface area contributed by atoms with Gasteiger partial charge >= 0.3 is 0 Å². The fraction of sp³-hybridized carbons (Fsp3) is 0.364. The standard InChI is InChI=1S/C22H26N2O3S/c1-4-5-13-27-16(2)21(25)24(15-17-9-7-6-8-10-17)22-23-19-12-11-18(26-3)14-20(19)28-22/h6-12,14,16H,4-5,13,15H2,1-3H3. The number of anilines is 1. The molecule has 0 aliphatic heterocycles. The van der Waals surface area contributed by atoms with E-state index in [1.165, 1.54) is 11.3 Å². The molecule has 0 N–H and O–H groups in total. The second kappa shape index (κ2) is 9.66. The van der Waals surface area contributed by atoms with Crippen LogP contribution in [0.1, 0.15) is 32.3 Å². The predicted molar refractivity (Wildman–Crippen MR) is 114 cm³/mol. The lowest BCUT2D eigenvalue weighted by Crippen LogP contribution is -2.39. The summed E-state index contributed by atoms with van der Waals surface area (Å²) in [5, 5.41) is 0.669. The van der Waals surface area contributed by atoms with E-state index in [1.54, 1.807) is 12.0 Å². The first-order chi connectivity index (χ1) is 13.6. The molecule has 0 saturated heterocycles. The summed E-state index contributed by atoms with van der Waals surface area (Å²) in [4.78, 5) is 19.6. The number of nitrogens with zero attached hydrogens (tertiary/aromatic N) is 2. The van der Waals surface area contributed by atoms with E-state index in [1.807, 2.05) is 55.5 Å². The van der Waals surface area contributed by atoms with Crippen molar-refractivity contribution in [1.29, 1.82) is 0 Å². The van der Waals surface area contributed by atoms with E-state index in [-0.39, 0.29) is 5.91 Å². The first-order valence-electron chi connectivity index (χ1n) is 9.54. The van der Waals surface area contributed by atoms with Gasteiger partial charge in [0.2, 0.25) is 0 Å². The Morgan fingerprint density at radius 1 is 1.21 bits per heavy atom. The van der Waals surface area contributed by atoms with Crippen molar-refractivity contribution in [2.24, 2.45) is 0 Å². The van der Waals surface area contributed by atoms with Crippen LogP contribution in [0.15, 0.2) is 48.5 Å². The highest BCUT2D eigenvalue weighted by Gasteiger charge is 2.25. The van der Waals surface area contributed by atoms with Gasteiger partial charge in [0.15, 0.2) is 5.13 Å². The fourth-order valence-corrected chi connectivity index (χ4v) is 3.83. The molecular formula is C22H26N2O3S. The molecule has 0 bridgehead atoms. The highest BCUT2D eigenvalue weighted by atomic mass is 32.1. The molecule has 1 atom stereocenters. The van der Waals surface area contributed by atoms with Crippen molar-refractivity contribution >= 4 is 32.6 Å². The monoisotopic (exact) mass is 398 g/mol. The average molecular weight is 399 g/mol. The normalized spacial score (nSPS) is 12.1. The molecule has 0 saturated carbocycles. The minimum Gasteiger partial charge on any atom is -0.497 e. The van der Waals surface area contributed by atoms with Gasteiger partial charge in [0.25, 0.3) is 5.91 Å². The van der Waals surface area contributed by atoms with Crippen molar-refractivity contribution < 1.29 is 14.3 Å². The first-order valence-corrected chi connectivity index (χ1v) is 10.4. The third-order valence-corrected chi connectivity index (χ3v) is 5.52. The molecule has 3 aromatic rings. The van der Waals surface area contributed by atoms with E-state index >= 15 is 0 Å². The molecule has 0 radical (unpaired) electrons. The maximum Gasteiger partial charge on any atom is 0.257 e. The molecule has 6 heteroatoms. The number of methoxy groups -OCH3 is 1. The lowest BCUT2D eigenvalue weighted by molar-refractivity contribution is -0.129. The summed E-state index contributed by atoms with van der Waals surface area (Å²) < 4.78 is 12.1. The van der Waals surface area contributed by atoms with Crippen LogP contribution in [0, 0.1) is 0 Å². The Kier molecular flexibility index (Phi) is 7.01. The lowest BCUT2D eigenvalue weighted by atomic mass is 10.2. The topological polar surface area (TPSA) is 51.7 Å². The van der Waals surface area contributed by atoms with Gasteiger partial charge in [-0.15, -0.1) is 0 Å².